The molecule has 0 spiro atoms. The third kappa shape index (κ3) is 6.62. The Labute approximate surface area is 201 Å². The van der Waals surface area contributed by atoms with Gasteiger partial charge in [-0.3, -0.25) is 9.69 Å². The summed E-state index contributed by atoms with van der Waals surface area (Å²) in [6.45, 7) is 8.51. The molecule has 0 N–H and O–H groups in total. The normalized spacial score (nSPS) is 16.0. The molecule has 184 valence electrons. The Hall–Kier alpha value is -2.29. The van der Waals surface area contributed by atoms with E-state index in [-0.39, 0.29) is 31.0 Å². The van der Waals surface area contributed by atoms with E-state index in [4.69, 9.17) is 23.7 Å². The molecule has 2 aliphatic rings. The number of fused-ring (bicyclic) bond motifs is 1. The maximum atomic E-state index is 12.2. The van der Waals surface area contributed by atoms with Crippen LogP contribution in [0.25, 0.3) is 0 Å². The molecular weight excluding hydrogens is 450 g/mol. The number of methoxy groups -OCH3 is 2. The van der Waals surface area contributed by atoms with Gasteiger partial charge in [0.05, 0.1) is 27.4 Å². The number of halogens is 1. The summed E-state index contributed by atoms with van der Waals surface area (Å²) in [4.78, 5) is 26.6. The molecule has 0 unspecified atom stereocenters. The number of carbonyl (C=O) groups is 2. The summed E-state index contributed by atoms with van der Waals surface area (Å²) in [7, 11) is 3.15. The first-order valence-electron chi connectivity index (χ1n) is 11.0. The number of allylic oxidation sites excluding steroid dienone is 2. The summed E-state index contributed by atoms with van der Waals surface area (Å²) in [5.74, 6) is 0.628. The Morgan fingerprint density at radius 3 is 2.48 bits per heavy atom. The molecular formula is C24H34ClNO7. The molecule has 8 nitrogen and oxygen atoms in total. The second kappa shape index (κ2) is 12.8. The molecule has 1 saturated heterocycles. The molecule has 1 aromatic carbocycles. The molecule has 3 rings (SSSR count). The van der Waals surface area contributed by atoms with E-state index >= 15 is 0 Å². The van der Waals surface area contributed by atoms with Crippen molar-refractivity contribution in [3.63, 3.8) is 0 Å². The SMILES string of the molecule is COc1c(C)c2c(c(OC)c1C/C=C(\C)CCC(=O)OCCN1CCOCC1)C(=O)OC2.Cl. The molecule has 33 heavy (non-hydrogen) atoms. The van der Waals surface area contributed by atoms with Gasteiger partial charge in [0.15, 0.2) is 0 Å². The number of carbonyl (C=O) groups excluding carboxylic acids is 2. The van der Waals surface area contributed by atoms with Crippen molar-refractivity contribution in [2.75, 3.05) is 53.7 Å². The van der Waals surface area contributed by atoms with E-state index in [0.29, 0.717) is 42.9 Å². The highest BCUT2D eigenvalue weighted by atomic mass is 35.5. The smallest absolute Gasteiger partial charge is 0.342 e. The molecule has 0 radical (unpaired) electrons. The molecule has 0 amide bonds. The number of benzene rings is 1. The van der Waals surface area contributed by atoms with Crippen molar-refractivity contribution in [3.8, 4) is 11.5 Å². The number of hydrogen-bond acceptors (Lipinski definition) is 8. The number of esters is 2. The highest BCUT2D eigenvalue weighted by molar-refractivity contribution is 5.98. The van der Waals surface area contributed by atoms with Crippen molar-refractivity contribution < 1.29 is 33.3 Å². The lowest BCUT2D eigenvalue weighted by Gasteiger charge is -2.26. The van der Waals surface area contributed by atoms with Gasteiger partial charge in [0.1, 0.15) is 30.3 Å². The molecule has 0 aromatic heterocycles. The van der Waals surface area contributed by atoms with Crippen LogP contribution in [0.3, 0.4) is 0 Å². The van der Waals surface area contributed by atoms with Crippen LogP contribution in [-0.4, -0.2) is 70.5 Å². The van der Waals surface area contributed by atoms with Crippen molar-refractivity contribution in [1.29, 1.82) is 0 Å². The lowest BCUT2D eigenvalue weighted by atomic mass is 9.94. The van der Waals surface area contributed by atoms with E-state index in [1.54, 1.807) is 14.2 Å². The van der Waals surface area contributed by atoms with E-state index in [9.17, 15) is 9.59 Å². The number of rotatable bonds is 10. The van der Waals surface area contributed by atoms with Crippen LogP contribution in [0, 0.1) is 6.92 Å². The highest BCUT2D eigenvalue weighted by Gasteiger charge is 2.32. The van der Waals surface area contributed by atoms with Crippen molar-refractivity contribution in [2.45, 2.75) is 39.7 Å². The number of morpholine rings is 1. The van der Waals surface area contributed by atoms with Crippen molar-refractivity contribution in [1.82, 2.24) is 4.90 Å². The van der Waals surface area contributed by atoms with Crippen molar-refractivity contribution in [2.24, 2.45) is 0 Å². The van der Waals surface area contributed by atoms with Crippen molar-refractivity contribution in [3.05, 3.63) is 33.9 Å². The van der Waals surface area contributed by atoms with Gasteiger partial charge in [0.25, 0.3) is 0 Å². The summed E-state index contributed by atoms with van der Waals surface area (Å²) >= 11 is 0. The van der Waals surface area contributed by atoms with Gasteiger partial charge in [0.2, 0.25) is 0 Å². The fraction of sp³-hybridized carbons (Fsp3) is 0.583. The third-order valence-electron chi connectivity index (χ3n) is 5.98. The molecule has 2 aliphatic heterocycles. The van der Waals surface area contributed by atoms with Gasteiger partial charge in [0, 0.05) is 37.2 Å². The zero-order chi connectivity index (χ0) is 23.1. The van der Waals surface area contributed by atoms with Crippen LogP contribution < -0.4 is 9.47 Å². The summed E-state index contributed by atoms with van der Waals surface area (Å²) in [6, 6.07) is 0. The van der Waals surface area contributed by atoms with Gasteiger partial charge >= 0.3 is 11.9 Å². The molecule has 1 fully saturated rings. The average Bonchev–Trinajstić information content (AvgIpc) is 3.19. The second-order valence-electron chi connectivity index (χ2n) is 8.03. The number of cyclic esters (lactones) is 1. The van der Waals surface area contributed by atoms with Crippen LogP contribution in [0.5, 0.6) is 11.5 Å². The van der Waals surface area contributed by atoms with Crippen LogP contribution in [0.4, 0.5) is 0 Å². The van der Waals surface area contributed by atoms with Crippen LogP contribution >= 0.6 is 12.4 Å². The topological polar surface area (TPSA) is 83.5 Å². The average molecular weight is 484 g/mol. The summed E-state index contributed by atoms with van der Waals surface area (Å²) in [5, 5.41) is 0. The minimum Gasteiger partial charge on any atom is -0.496 e. The summed E-state index contributed by atoms with van der Waals surface area (Å²) in [5.41, 5.74) is 4.04. The van der Waals surface area contributed by atoms with Gasteiger partial charge in [-0.15, -0.1) is 12.4 Å². The molecule has 0 atom stereocenters. The molecule has 9 heteroatoms. The van der Waals surface area contributed by atoms with Crippen LogP contribution in [-0.2, 0) is 32.0 Å². The highest BCUT2D eigenvalue weighted by Crippen LogP contribution is 2.42. The van der Waals surface area contributed by atoms with Crippen LogP contribution in [0.2, 0.25) is 0 Å². The number of ether oxygens (including phenoxy) is 5. The Bertz CT molecular complexity index is 878. The maximum absolute atomic E-state index is 12.2. The molecule has 0 saturated carbocycles. The fourth-order valence-electron chi connectivity index (χ4n) is 4.10. The third-order valence-corrected chi connectivity index (χ3v) is 5.98. The van der Waals surface area contributed by atoms with E-state index in [0.717, 1.165) is 55.1 Å². The van der Waals surface area contributed by atoms with E-state index in [1.165, 1.54) is 0 Å². The van der Waals surface area contributed by atoms with Gasteiger partial charge in [-0.2, -0.15) is 0 Å². The second-order valence-corrected chi connectivity index (χ2v) is 8.03. The monoisotopic (exact) mass is 483 g/mol. The van der Waals surface area contributed by atoms with Gasteiger partial charge < -0.3 is 23.7 Å². The van der Waals surface area contributed by atoms with Crippen molar-refractivity contribution >= 4 is 24.3 Å². The zero-order valence-electron chi connectivity index (χ0n) is 19.9. The molecule has 0 bridgehead atoms. The van der Waals surface area contributed by atoms with Crippen LogP contribution in [0.1, 0.15) is 46.8 Å². The summed E-state index contributed by atoms with van der Waals surface area (Å²) in [6.07, 6.45) is 3.49. The molecule has 0 aliphatic carbocycles. The Morgan fingerprint density at radius 2 is 1.82 bits per heavy atom. The zero-order valence-corrected chi connectivity index (χ0v) is 20.7. The molecule has 1 aromatic rings. The lowest BCUT2D eigenvalue weighted by Crippen LogP contribution is -2.38. The Kier molecular flexibility index (Phi) is 10.5. The van der Waals surface area contributed by atoms with Gasteiger partial charge in [-0.25, -0.2) is 4.79 Å². The van der Waals surface area contributed by atoms with E-state index < -0.39 is 0 Å². The Morgan fingerprint density at radius 1 is 1.12 bits per heavy atom. The van der Waals surface area contributed by atoms with Crippen LogP contribution in [0.15, 0.2) is 11.6 Å². The molecule has 2 heterocycles. The standard InChI is InChI=1S/C24H33NO7.ClH/c1-16(6-8-20(26)31-14-11-25-9-12-30-13-10-25)5-7-18-22(28-3)17(2)19-15-32-24(27)21(19)23(18)29-4;/h5H,6-15H2,1-4H3;1H/b16-5+;. The van der Waals surface area contributed by atoms with E-state index in [2.05, 4.69) is 4.90 Å². The number of nitrogens with zero attached hydrogens (tertiary/aromatic N) is 1. The first-order valence-corrected chi connectivity index (χ1v) is 11.0. The van der Waals surface area contributed by atoms with Gasteiger partial charge in [-0.1, -0.05) is 11.6 Å². The number of hydrogen-bond donors (Lipinski definition) is 0. The maximum Gasteiger partial charge on any atom is 0.342 e. The predicted molar refractivity (Wildman–Crippen MR) is 126 cm³/mol. The first kappa shape index (κ1) is 27.0. The lowest BCUT2D eigenvalue weighted by molar-refractivity contribution is -0.144. The summed E-state index contributed by atoms with van der Waals surface area (Å²) < 4.78 is 27.1. The minimum absolute atomic E-state index is 0. The fourth-order valence-corrected chi connectivity index (χ4v) is 4.10. The minimum atomic E-state index is -0.371. The largest absolute Gasteiger partial charge is 0.496 e. The first-order chi connectivity index (χ1) is 15.5. The Balaban J connectivity index is 0.00000385. The van der Waals surface area contributed by atoms with Gasteiger partial charge in [-0.05, 0) is 32.3 Å². The quantitative estimate of drug-likeness (QED) is 0.370. The van der Waals surface area contributed by atoms with E-state index in [1.807, 2.05) is 19.9 Å². The predicted octanol–water partition coefficient (Wildman–Crippen LogP) is 3.25.